The maximum atomic E-state index is 13.5. The Labute approximate surface area is 193 Å². The van der Waals surface area contributed by atoms with Gasteiger partial charge in [0.15, 0.2) is 0 Å². The summed E-state index contributed by atoms with van der Waals surface area (Å²) in [5.41, 5.74) is 2.08. The number of halogens is 1. The first-order chi connectivity index (χ1) is 14.9. The molecule has 1 aromatic carbocycles. The molecular weight excluding hydrogens is 450 g/mol. The molecule has 3 aromatic rings. The number of benzene rings is 1. The minimum absolute atomic E-state index is 0.0229. The van der Waals surface area contributed by atoms with Crippen LogP contribution in [0.15, 0.2) is 59.8 Å². The number of hydrogen-bond donors (Lipinski definition) is 2. The number of pyridine rings is 1. The maximum absolute atomic E-state index is 13.5. The van der Waals surface area contributed by atoms with Crippen LogP contribution in [0.3, 0.4) is 0 Å². The summed E-state index contributed by atoms with van der Waals surface area (Å²) in [4.78, 5) is 15.3. The molecule has 2 heterocycles. The van der Waals surface area contributed by atoms with Crippen molar-refractivity contribution in [2.45, 2.75) is 45.1 Å². The average Bonchev–Trinajstić information content (AvgIpc) is 3.14. The molecule has 0 saturated carbocycles. The molecule has 3 rings (SSSR count). The van der Waals surface area contributed by atoms with Gasteiger partial charge in [-0.15, -0.1) is 0 Å². The van der Waals surface area contributed by atoms with E-state index < -0.39 is 22.2 Å². The fraction of sp³-hybridized carbons (Fsp3) is 0.304. The monoisotopic (exact) mass is 475 g/mol. The lowest BCUT2D eigenvalue weighted by Crippen LogP contribution is -2.44. The summed E-state index contributed by atoms with van der Waals surface area (Å²) in [5, 5.41) is 12.1. The predicted octanol–water partition coefficient (Wildman–Crippen LogP) is 4.97. The van der Waals surface area contributed by atoms with Crippen molar-refractivity contribution in [3.8, 4) is 11.3 Å². The molecule has 1 amide bonds. The van der Waals surface area contributed by atoms with Crippen LogP contribution < -0.4 is 5.32 Å². The summed E-state index contributed by atoms with van der Waals surface area (Å²) in [6.45, 7) is 7.49. The highest BCUT2D eigenvalue weighted by atomic mass is 35.5. The van der Waals surface area contributed by atoms with Gasteiger partial charge in [-0.2, -0.15) is 0 Å². The van der Waals surface area contributed by atoms with Crippen molar-refractivity contribution in [3.63, 3.8) is 0 Å². The largest absolute Gasteiger partial charge is 0.465 e. The van der Waals surface area contributed by atoms with Crippen molar-refractivity contribution in [2.24, 2.45) is 5.41 Å². The molecule has 1 unspecified atom stereocenters. The van der Waals surface area contributed by atoms with Gasteiger partial charge in [0.05, 0.1) is 5.69 Å². The Morgan fingerprint density at radius 3 is 2.44 bits per heavy atom. The first kappa shape index (κ1) is 23.8. The van der Waals surface area contributed by atoms with E-state index in [0.29, 0.717) is 23.2 Å². The van der Waals surface area contributed by atoms with Crippen LogP contribution in [0, 0.1) is 12.3 Å². The van der Waals surface area contributed by atoms with Crippen LogP contribution in [0.2, 0.25) is 5.15 Å². The van der Waals surface area contributed by atoms with Crippen molar-refractivity contribution < 1.29 is 18.3 Å². The summed E-state index contributed by atoms with van der Waals surface area (Å²) < 4.78 is 28.3. The highest BCUT2D eigenvalue weighted by Gasteiger charge is 2.29. The number of nitrogens with one attached hydrogen (secondary N) is 1. The van der Waals surface area contributed by atoms with Crippen LogP contribution in [0.25, 0.3) is 11.3 Å². The van der Waals surface area contributed by atoms with E-state index >= 15 is 0 Å². The highest BCUT2D eigenvalue weighted by Crippen LogP contribution is 2.30. The number of amides is 1. The second-order valence-electron chi connectivity index (χ2n) is 8.75. The number of rotatable bonds is 6. The van der Waals surface area contributed by atoms with Gasteiger partial charge >= 0.3 is 6.09 Å². The molecule has 0 radical (unpaired) electrons. The third-order valence-electron chi connectivity index (χ3n) is 5.24. The lowest BCUT2D eigenvalue weighted by atomic mass is 9.83. The topological polar surface area (TPSA) is 101 Å². The average molecular weight is 476 g/mol. The fourth-order valence-electron chi connectivity index (χ4n) is 3.37. The molecule has 2 aromatic heterocycles. The Morgan fingerprint density at radius 2 is 1.88 bits per heavy atom. The molecule has 0 aliphatic heterocycles. The Kier molecular flexibility index (Phi) is 6.67. The van der Waals surface area contributed by atoms with Gasteiger partial charge in [0, 0.05) is 18.4 Å². The lowest BCUT2D eigenvalue weighted by molar-refractivity contribution is 0.174. The number of carboxylic acid groups (broad SMARTS) is 1. The molecule has 0 saturated heterocycles. The second-order valence-corrected chi connectivity index (χ2v) is 10.9. The van der Waals surface area contributed by atoms with Crippen molar-refractivity contribution >= 4 is 27.7 Å². The summed E-state index contributed by atoms with van der Waals surface area (Å²) in [5.74, 6) is 0. The molecule has 0 bridgehead atoms. The third kappa shape index (κ3) is 5.14. The number of hydrogen-bond acceptors (Lipinski definition) is 4. The van der Waals surface area contributed by atoms with E-state index in [1.54, 1.807) is 19.2 Å². The highest BCUT2D eigenvalue weighted by molar-refractivity contribution is 7.90. The molecule has 9 heteroatoms. The van der Waals surface area contributed by atoms with Crippen molar-refractivity contribution in [3.05, 3.63) is 71.1 Å². The zero-order chi connectivity index (χ0) is 23.7. The molecule has 170 valence electrons. The molecule has 0 aliphatic rings. The van der Waals surface area contributed by atoms with Gasteiger partial charge in [0.1, 0.15) is 10.0 Å². The molecule has 7 nitrogen and oxygen atoms in total. The SMILES string of the molecule is Cc1cc(S(=O)(=O)n2cc(CC(NC(=O)O)C(C)(C)C)cc2-c2ccccc2)cnc1Cl. The van der Waals surface area contributed by atoms with Gasteiger partial charge in [0.2, 0.25) is 0 Å². The lowest BCUT2D eigenvalue weighted by Gasteiger charge is -2.30. The van der Waals surface area contributed by atoms with Crippen LogP contribution in [-0.4, -0.2) is 34.6 Å². The molecule has 0 fully saturated rings. The third-order valence-corrected chi connectivity index (χ3v) is 7.28. The van der Waals surface area contributed by atoms with Crippen molar-refractivity contribution in [1.82, 2.24) is 14.3 Å². The predicted molar refractivity (Wildman–Crippen MR) is 125 cm³/mol. The molecule has 0 aliphatic carbocycles. The van der Waals surface area contributed by atoms with Crippen LogP contribution in [-0.2, 0) is 16.4 Å². The zero-order valence-electron chi connectivity index (χ0n) is 18.3. The Bertz CT molecular complexity index is 1230. The summed E-state index contributed by atoms with van der Waals surface area (Å²) in [7, 11) is -3.97. The summed E-state index contributed by atoms with van der Waals surface area (Å²) >= 11 is 5.98. The molecule has 32 heavy (non-hydrogen) atoms. The Morgan fingerprint density at radius 1 is 1.22 bits per heavy atom. The molecular formula is C23H26ClN3O4S. The standard InChI is InChI=1S/C23H26ClN3O4S/c1-15-10-18(13-25-21(15)24)32(30,31)27-14-16(11-19(27)17-8-6-5-7-9-17)12-20(23(2,3)4)26-22(28)29/h5-11,13-14,20,26H,12H2,1-4H3,(H,28,29). The summed E-state index contributed by atoms with van der Waals surface area (Å²) in [6.07, 6.45) is 1.99. The van der Waals surface area contributed by atoms with Gasteiger partial charge in [-0.05, 0) is 47.6 Å². The van der Waals surface area contributed by atoms with E-state index in [9.17, 15) is 18.3 Å². The summed E-state index contributed by atoms with van der Waals surface area (Å²) in [6, 6.07) is 12.0. The van der Waals surface area contributed by atoms with Crippen molar-refractivity contribution in [2.75, 3.05) is 0 Å². The van der Waals surface area contributed by atoms with Gasteiger partial charge in [-0.3, -0.25) is 0 Å². The fourth-order valence-corrected chi connectivity index (χ4v) is 4.91. The number of carbonyl (C=O) groups is 1. The first-order valence-electron chi connectivity index (χ1n) is 10.0. The van der Waals surface area contributed by atoms with Gasteiger partial charge in [0.25, 0.3) is 10.0 Å². The minimum atomic E-state index is -3.97. The van der Waals surface area contributed by atoms with E-state index in [1.165, 1.54) is 16.2 Å². The van der Waals surface area contributed by atoms with Gasteiger partial charge in [-0.1, -0.05) is 62.7 Å². The van der Waals surface area contributed by atoms with Crippen LogP contribution in [0.5, 0.6) is 0 Å². The minimum Gasteiger partial charge on any atom is -0.465 e. The normalized spacial score (nSPS) is 13.0. The first-order valence-corrected chi connectivity index (χ1v) is 11.9. The van der Waals surface area contributed by atoms with Gasteiger partial charge in [-0.25, -0.2) is 22.2 Å². The van der Waals surface area contributed by atoms with E-state index in [0.717, 1.165) is 5.56 Å². The number of aromatic nitrogens is 2. The van der Waals surface area contributed by atoms with E-state index in [-0.39, 0.29) is 15.5 Å². The van der Waals surface area contributed by atoms with E-state index in [1.807, 2.05) is 51.1 Å². The maximum Gasteiger partial charge on any atom is 0.404 e. The van der Waals surface area contributed by atoms with Crippen LogP contribution in [0.1, 0.15) is 31.9 Å². The quantitative estimate of drug-likeness (QED) is 0.490. The van der Waals surface area contributed by atoms with E-state index in [4.69, 9.17) is 11.6 Å². The molecule has 2 N–H and O–H groups in total. The number of nitrogens with zero attached hydrogens (tertiary/aromatic N) is 2. The zero-order valence-corrected chi connectivity index (χ0v) is 19.9. The van der Waals surface area contributed by atoms with Crippen LogP contribution in [0.4, 0.5) is 4.79 Å². The van der Waals surface area contributed by atoms with E-state index in [2.05, 4.69) is 10.3 Å². The Hall–Kier alpha value is -2.84. The van der Waals surface area contributed by atoms with Crippen LogP contribution >= 0.6 is 11.6 Å². The molecule has 1 atom stereocenters. The molecule has 0 spiro atoms. The smallest absolute Gasteiger partial charge is 0.404 e. The number of aryl methyl sites for hydroxylation is 1. The van der Waals surface area contributed by atoms with Gasteiger partial charge < -0.3 is 10.4 Å². The Balaban J connectivity index is 2.14. The second kappa shape index (κ2) is 8.96. The van der Waals surface area contributed by atoms with Crippen molar-refractivity contribution in [1.29, 1.82) is 0 Å².